The quantitative estimate of drug-likeness (QED) is 0.579. The lowest BCUT2D eigenvalue weighted by atomic mass is 9.99. The van der Waals surface area contributed by atoms with Crippen molar-refractivity contribution in [1.29, 1.82) is 0 Å². The number of nitrogens with zero attached hydrogens (tertiary/aromatic N) is 4. The first-order valence-electron chi connectivity index (χ1n) is 9.51. The van der Waals surface area contributed by atoms with Gasteiger partial charge in [0, 0.05) is 42.6 Å². The Bertz CT molecular complexity index is 1220. The summed E-state index contributed by atoms with van der Waals surface area (Å²) >= 11 is 0. The van der Waals surface area contributed by atoms with Crippen molar-refractivity contribution in [3.63, 3.8) is 0 Å². The summed E-state index contributed by atoms with van der Waals surface area (Å²) in [6.07, 6.45) is 8.33. The highest BCUT2D eigenvalue weighted by Crippen LogP contribution is 2.30. The van der Waals surface area contributed by atoms with E-state index in [2.05, 4.69) is 32.3 Å². The van der Waals surface area contributed by atoms with Crippen LogP contribution in [-0.2, 0) is 0 Å². The van der Waals surface area contributed by atoms with Crippen molar-refractivity contribution in [2.24, 2.45) is 0 Å². The highest BCUT2D eigenvalue weighted by molar-refractivity contribution is 6.01. The maximum absolute atomic E-state index is 13.2. The largest absolute Gasteiger partial charge is 0.360 e. The molecule has 0 bridgehead atoms. The van der Waals surface area contributed by atoms with Crippen molar-refractivity contribution in [2.45, 2.75) is 13.3 Å². The summed E-state index contributed by atoms with van der Waals surface area (Å²) in [5.74, 6) is 0.424. The summed E-state index contributed by atoms with van der Waals surface area (Å²) in [5, 5.41) is 5.18. The van der Waals surface area contributed by atoms with Crippen molar-refractivity contribution >= 4 is 22.5 Å². The van der Waals surface area contributed by atoms with Crippen LogP contribution in [0.3, 0.4) is 0 Å². The molecule has 0 unspecified atom stereocenters. The Kier molecular flexibility index (Phi) is 4.20. The van der Waals surface area contributed by atoms with Crippen LogP contribution in [0.1, 0.15) is 28.1 Å². The molecule has 1 aliphatic heterocycles. The summed E-state index contributed by atoms with van der Waals surface area (Å²) < 4.78 is 5.33. The minimum absolute atomic E-state index is 0.0831. The van der Waals surface area contributed by atoms with Gasteiger partial charge < -0.3 is 14.4 Å². The van der Waals surface area contributed by atoms with Crippen LogP contribution in [0.5, 0.6) is 0 Å². The Hall–Kier alpha value is -3.74. The second-order valence-electron chi connectivity index (χ2n) is 7.01. The van der Waals surface area contributed by atoms with Crippen LogP contribution in [0, 0.1) is 6.92 Å². The Morgan fingerprint density at radius 1 is 1.17 bits per heavy atom. The number of amides is 1. The molecule has 29 heavy (non-hydrogen) atoms. The molecule has 0 saturated carbocycles. The number of aromatic nitrogens is 4. The van der Waals surface area contributed by atoms with E-state index >= 15 is 0 Å². The highest BCUT2D eigenvalue weighted by Gasteiger charge is 2.28. The summed E-state index contributed by atoms with van der Waals surface area (Å²) in [7, 11) is 0. The Morgan fingerprint density at radius 3 is 2.86 bits per heavy atom. The monoisotopic (exact) mass is 385 g/mol. The molecule has 0 fully saturated rings. The number of hydrogen-bond acceptors (Lipinski definition) is 5. The van der Waals surface area contributed by atoms with Gasteiger partial charge in [-0.15, -0.1) is 0 Å². The van der Waals surface area contributed by atoms with E-state index in [4.69, 9.17) is 4.52 Å². The number of nitrogens with one attached hydrogen (secondary N) is 1. The Morgan fingerprint density at radius 2 is 2.07 bits per heavy atom. The summed E-state index contributed by atoms with van der Waals surface area (Å²) in [4.78, 5) is 26.9. The minimum Gasteiger partial charge on any atom is -0.360 e. The number of carbonyl (C=O) groups excluding carboxylic acids is 1. The average molecular weight is 385 g/mol. The van der Waals surface area contributed by atoms with Gasteiger partial charge in [0.25, 0.3) is 5.91 Å². The van der Waals surface area contributed by atoms with Gasteiger partial charge in [0.05, 0.1) is 5.69 Å². The molecule has 0 saturated heterocycles. The van der Waals surface area contributed by atoms with Crippen LogP contribution in [-0.4, -0.2) is 44.0 Å². The molecular weight excluding hydrogens is 366 g/mol. The lowest BCUT2D eigenvalue weighted by molar-refractivity contribution is 0.0771. The lowest BCUT2D eigenvalue weighted by Crippen LogP contribution is -2.35. The smallest absolute Gasteiger partial charge is 0.260 e. The lowest BCUT2D eigenvalue weighted by Gasteiger charge is -2.26. The van der Waals surface area contributed by atoms with E-state index in [0.717, 1.165) is 23.0 Å². The van der Waals surface area contributed by atoms with Gasteiger partial charge in [-0.2, -0.15) is 0 Å². The van der Waals surface area contributed by atoms with E-state index in [1.165, 1.54) is 5.57 Å². The number of aromatic amines is 1. The van der Waals surface area contributed by atoms with E-state index in [9.17, 15) is 4.79 Å². The molecule has 0 aromatic carbocycles. The van der Waals surface area contributed by atoms with Crippen molar-refractivity contribution in [3.8, 4) is 11.4 Å². The van der Waals surface area contributed by atoms with Gasteiger partial charge >= 0.3 is 0 Å². The minimum atomic E-state index is -0.0831. The van der Waals surface area contributed by atoms with E-state index in [-0.39, 0.29) is 5.91 Å². The van der Waals surface area contributed by atoms with Crippen molar-refractivity contribution in [2.75, 3.05) is 13.1 Å². The van der Waals surface area contributed by atoms with Gasteiger partial charge in [0.15, 0.2) is 0 Å². The third-order valence-corrected chi connectivity index (χ3v) is 5.28. The normalized spacial score (nSPS) is 14.2. The van der Waals surface area contributed by atoms with E-state index in [0.29, 0.717) is 35.8 Å². The molecule has 4 aromatic heterocycles. The molecule has 144 valence electrons. The predicted octanol–water partition coefficient (Wildman–Crippen LogP) is 3.85. The molecular formula is C22H19N5O2. The number of hydrogen-bond donors (Lipinski definition) is 1. The maximum atomic E-state index is 13.2. The number of carbonyl (C=O) groups is 1. The van der Waals surface area contributed by atoms with Crippen LogP contribution in [0.4, 0.5) is 0 Å². The van der Waals surface area contributed by atoms with Gasteiger partial charge in [0.2, 0.25) is 0 Å². The maximum Gasteiger partial charge on any atom is 0.260 e. The first kappa shape index (κ1) is 17.4. The zero-order valence-corrected chi connectivity index (χ0v) is 15.9. The second-order valence-corrected chi connectivity index (χ2v) is 7.01. The zero-order valence-electron chi connectivity index (χ0n) is 15.9. The first-order chi connectivity index (χ1) is 14.2. The fraction of sp³-hybridized carbons (Fsp3) is 0.182. The van der Waals surface area contributed by atoms with Crippen LogP contribution in [0.25, 0.3) is 28.0 Å². The number of fused-ring (bicyclic) bond motifs is 1. The molecule has 0 aliphatic carbocycles. The average Bonchev–Trinajstić information content (AvgIpc) is 3.38. The van der Waals surface area contributed by atoms with Gasteiger partial charge in [0.1, 0.15) is 22.7 Å². The standard InChI is InChI=1S/C22H19N5O2/c1-14-19(20(26-29-14)18-6-2-3-9-23-18)22(28)27-11-7-15(8-12-27)17-13-25-21-16(17)5-4-10-24-21/h2-7,9-10,13H,8,11-12H2,1H3,(H,24,25). The van der Waals surface area contributed by atoms with Gasteiger partial charge in [-0.3, -0.25) is 9.78 Å². The van der Waals surface area contributed by atoms with Gasteiger partial charge in [-0.25, -0.2) is 4.98 Å². The molecule has 5 heterocycles. The molecule has 1 aliphatic rings. The van der Waals surface area contributed by atoms with Crippen LogP contribution in [0.15, 0.2) is 59.5 Å². The summed E-state index contributed by atoms with van der Waals surface area (Å²) in [6.45, 7) is 2.92. The van der Waals surface area contributed by atoms with E-state index in [1.807, 2.05) is 35.4 Å². The third kappa shape index (κ3) is 3.00. The fourth-order valence-corrected chi connectivity index (χ4v) is 3.78. The Balaban J connectivity index is 1.42. The SMILES string of the molecule is Cc1onc(-c2ccccn2)c1C(=O)N1CC=C(c2c[nH]c3ncccc23)CC1. The molecule has 1 amide bonds. The highest BCUT2D eigenvalue weighted by atomic mass is 16.5. The molecule has 1 N–H and O–H groups in total. The second kappa shape index (κ2) is 7.01. The van der Waals surface area contributed by atoms with Crippen LogP contribution < -0.4 is 0 Å². The number of aryl methyl sites for hydroxylation is 1. The number of rotatable bonds is 3. The van der Waals surface area contributed by atoms with Gasteiger partial charge in [-0.1, -0.05) is 17.3 Å². The molecule has 0 radical (unpaired) electrons. The zero-order chi connectivity index (χ0) is 19.8. The van der Waals surface area contributed by atoms with Crippen molar-refractivity contribution in [1.82, 2.24) is 25.0 Å². The number of H-pyrrole nitrogens is 1. The van der Waals surface area contributed by atoms with Gasteiger partial charge in [-0.05, 0) is 43.2 Å². The first-order valence-corrected chi connectivity index (χ1v) is 9.51. The third-order valence-electron chi connectivity index (χ3n) is 5.28. The Labute approximate surface area is 167 Å². The predicted molar refractivity (Wildman–Crippen MR) is 109 cm³/mol. The van der Waals surface area contributed by atoms with E-state index in [1.54, 1.807) is 19.3 Å². The van der Waals surface area contributed by atoms with Crippen LogP contribution >= 0.6 is 0 Å². The molecule has 7 heteroatoms. The molecule has 7 nitrogen and oxygen atoms in total. The summed E-state index contributed by atoms with van der Waals surface area (Å²) in [6, 6.07) is 9.52. The van der Waals surface area contributed by atoms with Crippen LogP contribution in [0.2, 0.25) is 0 Å². The molecule has 0 atom stereocenters. The van der Waals surface area contributed by atoms with E-state index < -0.39 is 0 Å². The van der Waals surface area contributed by atoms with Crippen molar-refractivity contribution in [3.05, 3.63) is 71.9 Å². The molecule has 4 aromatic rings. The topological polar surface area (TPSA) is 87.9 Å². The fourth-order valence-electron chi connectivity index (χ4n) is 3.78. The molecule has 0 spiro atoms. The molecule has 5 rings (SSSR count). The summed E-state index contributed by atoms with van der Waals surface area (Å²) in [5.41, 5.74) is 4.85. The van der Waals surface area contributed by atoms with Crippen molar-refractivity contribution < 1.29 is 9.32 Å². The number of pyridine rings is 2.